The van der Waals surface area contributed by atoms with Crippen molar-refractivity contribution >= 4 is 17.4 Å². The number of hydrogen-bond acceptors (Lipinski definition) is 6. The first-order chi connectivity index (χ1) is 15.0. The average molecular weight is 473 g/mol. The quantitative estimate of drug-likeness (QED) is 0.441. The maximum atomic E-state index is 13.3. The lowest BCUT2D eigenvalue weighted by atomic mass is 9.88. The number of pyridine rings is 1. The van der Waals surface area contributed by atoms with Crippen molar-refractivity contribution in [1.29, 1.82) is 0 Å². The van der Waals surface area contributed by atoms with E-state index < -0.39 is 35.0 Å². The van der Waals surface area contributed by atoms with E-state index in [4.69, 9.17) is 21.1 Å². The lowest BCUT2D eigenvalue weighted by molar-refractivity contribution is -0.140. The summed E-state index contributed by atoms with van der Waals surface area (Å²) in [5.41, 5.74) is -2.24. The number of rotatable bonds is 8. The Bertz CT molecular complexity index is 1070. The lowest BCUT2D eigenvalue weighted by Crippen LogP contribution is -2.40. The van der Waals surface area contributed by atoms with Crippen LogP contribution in [-0.2, 0) is 11.0 Å². The predicted octanol–water partition coefficient (Wildman–Crippen LogP) is 4.74. The highest BCUT2D eigenvalue weighted by Crippen LogP contribution is 2.34. The van der Waals surface area contributed by atoms with E-state index in [9.17, 15) is 22.4 Å². The van der Waals surface area contributed by atoms with Crippen molar-refractivity contribution in [2.75, 3.05) is 6.61 Å². The summed E-state index contributed by atoms with van der Waals surface area (Å²) < 4.78 is 63.8. The van der Waals surface area contributed by atoms with Crippen LogP contribution in [0.5, 0.6) is 11.6 Å². The summed E-state index contributed by atoms with van der Waals surface area (Å²) in [5, 5.41) is 3.59. The average Bonchev–Trinajstić information content (AvgIpc) is 3.26. The molecule has 0 N–H and O–H groups in total. The van der Waals surface area contributed by atoms with Crippen LogP contribution in [0.25, 0.3) is 0 Å². The first-order valence-electron chi connectivity index (χ1n) is 9.13. The van der Waals surface area contributed by atoms with Gasteiger partial charge < -0.3 is 9.47 Å². The molecule has 0 aliphatic carbocycles. The Morgan fingerprint density at radius 1 is 1.22 bits per heavy atom. The molecule has 2 aromatic heterocycles. The van der Waals surface area contributed by atoms with Gasteiger partial charge in [-0.25, -0.2) is 19.0 Å². The zero-order valence-corrected chi connectivity index (χ0v) is 17.6. The third-order valence-electron chi connectivity index (χ3n) is 4.33. The van der Waals surface area contributed by atoms with Crippen LogP contribution in [0.2, 0.25) is 5.02 Å². The maximum absolute atomic E-state index is 13.3. The van der Waals surface area contributed by atoms with Crippen LogP contribution in [0.1, 0.15) is 25.6 Å². The number of ketones is 1. The summed E-state index contributed by atoms with van der Waals surface area (Å²) in [4.78, 5) is 20.7. The van der Waals surface area contributed by atoms with Crippen molar-refractivity contribution < 1.29 is 31.8 Å². The number of halogens is 5. The zero-order chi connectivity index (χ0) is 23.5. The summed E-state index contributed by atoms with van der Waals surface area (Å²) in [6, 6.07) is 5.73. The molecule has 1 unspecified atom stereocenters. The fourth-order valence-electron chi connectivity index (χ4n) is 2.55. The lowest BCUT2D eigenvalue weighted by Gasteiger charge is -2.28. The van der Waals surface area contributed by atoms with Crippen LogP contribution in [0.4, 0.5) is 17.6 Å². The fourth-order valence-corrected chi connectivity index (χ4v) is 2.77. The molecule has 0 radical (unpaired) electrons. The van der Waals surface area contributed by atoms with Gasteiger partial charge in [-0.3, -0.25) is 4.79 Å². The van der Waals surface area contributed by atoms with Gasteiger partial charge >= 0.3 is 6.18 Å². The molecule has 0 spiro atoms. The molecule has 0 aliphatic rings. The number of Topliss-reactive ketones (excluding diaryl/α,β-unsaturated/α-hetero) is 1. The van der Waals surface area contributed by atoms with Crippen LogP contribution >= 0.6 is 11.6 Å². The SMILES string of the molecule is CC(C)(COc1ncc(C(F)(F)F)cc1Cl)C(=O)C(Oc1ccc(F)cc1)n1cncn1. The highest BCUT2D eigenvalue weighted by atomic mass is 35.5. The van der Waals surface area contributed by atoms with Gasteiger partial charge in [0, 0.05) is 6.20 Å². The molecular formula is C20H17ClF4N4O3. The molecule has 2 heterocycles. The number of carbonyl (C=O) groups is 1. The minimum Gasteiger partial charge on any atom is -0.476 e. The normalized spacial score (nSPS) is 13.0. The molecule has 0 bridgehead atoms. The zero-order valence-electron chi connectivity index (χ0n) is 16.8. The molecule has 1 aromatic carbocycles. The summed E-state index contributed by atoms with van der Waals surface area (Å²) in [7, 11) is 0. The van der Waals surface area contributed by atoms with Gasteiger partial charge in [-0.15, -0.1) is 0 Å². The molecular weight excluding hydrogens is 456 g/mol. The molecule has 0 fully saturated rings. The summed E-state index contributed by atoms with van der Waals surface area (Å²) in [5.74, 6) is -1.01. The third kappa shape index (κ3) is 5.52. The van der Waals surface area contributed by atoms with E-state index >= 15 is 0 Å². The Kier molecular flexibility index (Phi) is 6.68. The molecule has 32 heavy (non-hydrogen) atoms. The standard InChI is InChI=1S/C20H17ClF4N4O3/c1-19(2,9-31-17-15(21)7-12(8-27-17)20(23,24)25)16(30)18(29-11-26-10-28-29)32-14-5-3-13(22)4-6-14/h3-8,10-11,18H,9H2,1-2H3. The van der Waals surface area contributed by atoms with Crippen LogP contribution in [-0.4, -0.2) is 32.1 Å². The van der Waals surface area contributed by atoms with E-state index in [0.717, 1.165) is 0 Å². The minimum absolute atomic E-state index is 0.212. The van der Waals surface area contributed by atoms with Crippen molar-refractivity contribution in [3.63, 3.8) is 0 Å². The van der Waals surface area contributed by atoms with Gasteiger partial charge in [-0.2, -0.15) is 18.3 Å². The monoisotopic (exact) mass is 472 g/mol. The molecule has 3 rings (SSSR count). The largest absolute Gasteiger partial charge is 0.476 e. The van der Waals surface area contributed by atoms with E-state index in [2.05, 4.69) is 15.1 Å². The smallest absolute Gasteiger partial charge is 0.417 e. The van der Waals surface area contributed by atoms with Crippen LogP contribution in [0.15, 0.2) is 49.2 Å². The van der Waals surface area contributed by atoms with Gasteiger partial charge in [-0.05, 0) is 44.2 Å². The number of benzene rings is 1. The van der Waals surface area contributed by atoms with E-state index in [-0.39, 0.29) is 23.3 Å². The van der Waals surface area contributed by atoms with Crippen molar-refractivity contribution in [3.05, 3.63) is 65.6 Å². The Labute approximate surface area is 185 Å². The minimum atomic E-state index is -4.60. The van der Waals surface area contributed by atoms with Crippen LogP contribution < -0.4 is 9.47 Å². The summed E-state index contributed by atoms with van der Waals surface area (Å²) in [6.07, 6.45) is -2.79. The molecule has 0 amide bonds. The number of carbonyl (C=O) groups excluding carboxylic acids is 1. The topological polar surface area (TPSA) is 79.1 Å². The second-order valence-corrected chi connectivity index (χ2v) is 7.75. The highest BCUT2D eigenvalue weighted by Gasteiger charge is 2.38. The predicted molar refractivity (Wildman–Crippen MR) is 105 cm³/mol. The number of aromatic nitrogens is 4. The van der Waals surface area contributed by atoms with E-state index in [0.29, 0.717) is 12.3 Å². The molecule has 170 valence electrons. The van der Waals surface area contributed by atoms with Crippen LogP contribution in [0, 0.1) is 11.2 Å². The Balaban J connectivity index is 1.77. The number of alkyl halides is 3. The molecule has 0 saturated heterocycles. The molecule has 0 aliphatic heterocycles. The van der Waals surface area contributed by atoms with Gasteiger partial charge in [0.25, 0.3) is 6.23 Å². The van der Waals surface area contributed by atoms with Gasteiger partial charge in [0.15, 0.2) is 0 Å². The number of hydrogen-bond donors (Lipinski definition) is 0. The Morgan fingerprint density at radius 3 is 2.47 bits per heavy atom. The van der Waals surface area contributed by atoms with Crippen molar-refractivity contribution in [1.82, 2.24) is 19.7 Å². The molecule has 7 nitrogen and oxygen atoms in total. The van der Waals surface area contributed by atoms with Gasteiger partial charge in [0.05, 0.1) is 11.0 Å². The Hall–Kier alpha value is -3.21. The number of ether oxygens (including phenoxy) is 2. The van der Waals surface area contributed by atoms with Crippen molar-refractivity contribution in [2.45, 2.75) is 26.3 Å². The second kappa shape index (κ2) is 9.11. The Morgan fingerprint density at radius 2 is 1.91 bits per heavy atom. The maximum Gasteiger partial charge on any atom is 0.417 e. The van der Waals surface area contributed by atoms with E-state index in [1.807, 2.05) is 0 Å². The molecule has 3 aromatic rings. The molecule has 1 atom stereocenters. The van der Waals surface area contributed by atoms with E-state index in [1.54, 1.807) is 13.8 Å². The summed E-state index contributed by atoms with van der Waals surface area (Å²) in [6.45, 7) is 2.82. The van der Waals surface area contributed by atoms with E-state index in [1.165, 1.54) is 41.6 Å². The first kappa shape index (κ1) is 23.5. The van der Waals surface area contributed by atoms with Gasteiger partial charge in [-0.1, -0.05) is 11.6 Å². The highest BCUT2D eigenvalue weighted by molar-refractivity contribution is 6.31. The van der Waals surface area contributed by atoms with Crippen molar-refractivity contribution in [3.8, 4) is 11.6 Å². The van der Waals surface area contributed by atoms with Gasteiger partial charge in [0.1, 0.15) is 35.9 Å². The van der Waals surface area contributed by atoms with Crippen molar-refractivity contribution in [2.24, 2.45) is 5.41 Å². The summed E-state index contributed by atoms with van der Waals surface area (Å²) >= 11 is 5.86. The fraction of sp³-hybridized carbons (Fsp3) is 0.300. The number of nitrogens with zero attached hydrogens (tertiary/aromatic N) is 4. The second-order valence-electron chi connectivity index (χ2n) is 7.35. The molecule has 12 heteroatoms. The van der Waals surface area contributed by atoms with Gasteiger partial charge in [0.2, 0.25) is 11.7 Å². The molecule has 0 saturated carbocycles. The first-order valence-corrected chi connectivity index (χ1v) is 9.51. The third-order valence-corrected chi connectivity index (χ3v) is 4.60. The van der Waals surface area contributed by atoms with Crippen LogP contribution in [0.3, 0.4) is 0 Å².